The van der Waals surface area contributed by atoms with Crippen molar-refractivity contribution in [1.82, 2.24) is 5.32 Å². The number of hydrogen-bond donors (Lipinski definition) is 1. The van der Waals surface area contributed by atoms with E-state index in [-0.39, 0.29) is 19.1 Å². The highest BCUT2D eigenvalue weighted by Gasteiger charge is 2.18. The molecule has 0 spiro atoms. The Hall–Kier alpha value is -2.68. The normalized spacial score (nSPS) is 11.1. The molecule has 1 N–H and O–H groups in total. The first-order valence-electron chi connectivity index (χ1n) is 10.1. The van der Waals surface area contributed by atoms with Crippen molar-refractivity contribution in [1.29, 1.82) is 0 Å². The number of rotatable bonds is 10. The van der Waals surface area contributed by atoms with E-state index in [1.54, 1.807) is 54.2 Å². The Balaban J connectivity index is 1.60. The van der Waals surface area contributed by atoms with Crippen LogP contribution in [-0.4, -0.2) is 40.0 Å². The van der Waals surface area contributed by atoms with Crippen molar-refractivity contribution in [3.63, 3.8) is 0 Å². The summed E-state index contributed by atoms with van der Waals surface area (Å²) in [6.07, 6.45) is 3.13. The molecule has 0 aliphatic carbocycles. The third-order valence-electron chi connectivity index (χ3n) is 4.77. The second kappa shape index (κ2) is 11.4. The molecule has 3 rings (SSSR count). The highest BCUT2D eigenvalue weighted by molar-refractivity contribution is 7.98. The van der Waals surface area contributed by atoms with Gasteiger partial charge in [-0.05, 0) is 54.3 Å². The zero-order chi connectivity index (χ0) is 23.8. The van der Waals surface area contributed by atoms with Crippen LogP contribution in [0.2, 0.25) is 5.02 Å². The van der Waals surface area contributed by atoms with Gasteiger partial charge in [0.25, 0.3) is 5.91 Å². The molecule has 0 fully saturated rings. The van der Waals surface area contributed by atoms with E-state index in [0.717, 1.165) is 10.5 Å². The van der Waals surface area contributed by atoms with Gasteiger partial charge in [-0.2, -0.15) is 0 Å². The quantitative estimate of drug-likeness (QED) is 0.316. The molecule has 0 unspecified atom stereocenters. The second-order valence-corrected chi connectivity index (χ2v) is 10.4. The van der Waals surface area contributed by atoms with Crippen molar-refractivity contribution in [2.24, 2.45) is 0 Å². The van der Waals surface area contributed by atoms with Crippen LogP contribution in [0.15, 0.2) is 77.7 Å². The number of nitrogens with zero attached hydrogens (tertiary/aromatic N) is 1. The van der Waals surface area contributed by atoms with E-state index in [1.807, 2.05) is 36.6 Å². The summed E-state index contributed by atoms with van der Waals surface area (Å²) in [5, 5.41) is 3.31. The van der Waals surface area contributed by atoms with Crippen molar-refractivity contribution in [3.8, 4) is 5.75 Å². The molecular formula is C24H25ClN2O4S2. The van der Waals surface area contributed by atoms with Crippen molar-refractivity contribution in [2.75, 3.05) is 30.0 Å². The molecule has 174 valence electrons. The largest absolute Gasteiger partial charge is 0.490 e. The van der Waals surface area contributed by atoms with Gasteiger partial charge in [-0.25, -0.2) is 8.42 Å². The molecule has 0 aliphatic rings. The topological polar surface area (TPSA) is 75.7 Å². The molecule has 0 atom stereocenters. The van der Waals surface area contributed by atoms with Gasteiger partial charge in [-0.3, -0.25) is 9.10 Å². The third kappa shape index (κ3) is 7.15. The lowest BCUT2D eigenvalue weighted by Gasteiger charge is -2.23. The first-order chi connectivity index (χ1) is 15.8. The number of carbonyl (C=O) groups is 1. The molecule has 0 saturated carbocycles. The van der Waals surface area contributed by atoms with Crippen LogP contribution in [0.3, 0.4) is 0 Å². The van der Waals surface area contributed by atoms with Crippen molar-refractivity contribution >= 4 is 45.0 Å². The van der Waals surface area contributed by atoms with Gasteiger partial charge < -0.3 is 10.1 Å². The second-order valence-electron chi connectivity index (χ2n) is 7.20. The Morgan fingerprint density at radius 3 is 2.45 bits per heavy atom. The number of ether oxygens (including phenoxy) is 1. The highest BCUT2D eigenvalue weighted by Crippen LogP contribution is 2.26. The fourth-order valence-corrected chi connectivity index (χ4v) is 4.61. The summed E-state index contributed by atoms with van der Waals surface area (Å²) in [4.78, 5) is 13.4. The number of nitrogens with one attached hydrogen (secondary N) is 1. The highest BCUT2D eigenvalue weighted by atomic mass is 35.5. The Bertz CT molecular complexity index is 1200. The molecule has 3 aromatic carbocycles. The SMILES string of the molecule is CSc1cccc(N(Cc2ccc(C(=O)NCCOc3ccccc3Cl)cc2)S(C)(=O)=O)c1. The Morgan fingerprint density at radius 2 is 1.79 bits per heavy atom. The summed E-state index contributed by atoms with van der Waals surface area (Å²) in [6.45, 7) is 0.773. The number of thioether (sulfide) groups is 1. The van der Waals surface area contributed by atoms with Crippen LogP contribution in [0, 0.1) is 0 Å². The number of halogens is 1. The minimum Gasteiger partial charge on any atom is -0.490 e. The van der Waals surface area contributed by atoms with Crippen LogP contribution in [0.5, 0.6) is 5.75 Å². The number of hydrogen-bond acceptors (Lipinski definition) is 5. The maximum Gasteiger partial charge on any atom is 0.251 e. The minimum atomic E-state index is -3.49. The summed E-state index contributed by atoms with van der Waals surface area (Å²) in [5.74, 6) is 0.327. The van der Waals surface area contributed by atoms with Crippen LogP contribution < -0.4 is 14.4 Å². The van der Waals surface area contributed by atoms with Crippen LogP contribution in [0.1, 0.15) is 15.9 Å². The van der Waals surface area contributed by atoms with Crippen molar-refractivity contribution in [3.05, 3.63) is 88.9 Å². The first kappa shape index (κ1) is 25.0. The summed E-state index contributed by atoms with van der Waals surface area (Å²) in [7, 11) is -3.49. The smallest absolute Gasteiger partial charge is 0.251 e. The molecule has 0 bridgehead atoms. The molecule has 0 saturated heterocycles. The van der Waals surface area contributed by atoms with Gasteiger partial charge in [0.15, 0.2) is 0 Å². The number of para-hydroxylation sites is 1. The molecule has 33 heavy (non-hydrogen) atoms. The Labute approximate surface area is 204 Å². The van der Waals surface area contributed by atoms with E-state index in [1.165, 1.54) is 10.6 Å². The number of carbonyl (C=O) groups excluding carboxylic acids is 1. The van der Waals surface area contributed by atoms with E-state index in [2.05, 4.69) is 5.32 Å². The summed E-state index contributed by atoms with van der Waals surface area (Å²) in [6, 6.07) is 21.4. The van der Waals surface area contributed by atoms with E-state index in [0.29, 0.717) is 28.6 Å². The molecule has 0 heterocycles. The molecule has 6 nitrogen and oxygen atoms in total. The van der Waals surface area contributed by atoms with E-state index in [9.17, 15) is 13.2 Å². The zero-order valence-electron chi connectivity index (χ0n) is 18.3. The zero-order valence-corrected chi connectivity index (χ0v) is 20.7. The summed E-state index contributed by atoms with van der Waals surface area (Å²) >= 11 is 7.59. The van der Waals surface area contributed by atoms with Crippen LogP contribution in [0.4, 0.5) is 5.69 Å². The average molecular weight is 505 g/mol. The number of amides is 1. The van der Waals surface area contributed by atoms with Crippen LogP contribution in [-0.2, 0) is 16.6 Å². The molecule has 9 heteroatoms. The van der Waals surface area contributed by atoms with E-state index in [4.69, 9.17) is 16.3 Å². The van der Waals surface area contributed by atoms with Crippen LogP contribution in [0.25, 0.3) is 0 Å². The van der Waals surface area contributed by atoms with Gasteiger partial charge in [0.2, 0.25) is 10.0 Å². The number of benzene rings is 3. The molecule has 3 aromatic rings. The lowest BCUT2D eigenvalue weighted by atomic mass is 10.1. The summed E-state index contributed by atoms with van der Waals surface area (Å²) in [5.41, 5.74) is 1.85. The standard InChI is InChI=1S/C24H25ClN2O4S2/c1-32-21-7-5-6-20(16-21)27(33(2,29)30)17-18-10-12-19(13-11-18)24(28)26-14-15-31-23-9-4-3-8-22(23)25/h3-13,16H,14-15,17H2,1-2H3,(H,26,28). The van der Waals surface area contributed by atoms with Crippen LogP contribution >= 0.6 is 23.4 Å². The van der Waals surface area contributed by atoms with Crippen molar-refractivity contribution < 1.29 is 17.9 Å². The monoisotopic (exact) mass is 504 g/mol. The fourth-order valence-electron chi connectivity index (χ4n) is 3.08. The minimum absolute atomic E-state index is 0.171. The molecule has 0 aromatic heterocycles. The van der Waals surface area contributed by atoms with Gasteiger partial charge in [-0.15, -0.1) is 11.8 Å². The fraction of sp³-hybridized carbons (Fsp3) is 0.208. The molecule has 0 aliphatic heterocycles. The van der Waals surface area contributed by atoms with E-state index < -0.39 is 10.0 Å². The predicted octanol–water partition coefficient (Wildman–Crippen LogP) is 4.84. The maximum absolute atomic E-state index is 12.4. The van der Waals surface area contributed by atoms with Gasteiger partial charge >= 0.3 is 0 Å². The van der Waals surface area contributed by atoms with Crippen molar-refractivity contribution in [2.45, 2.75) is 11.4 Å². The van der Waals surface area contributed by atoms with Gasteiger partial charge in [0.1, 0.15) is 12.4 Å². The van der Waals surface area contributed by atoms with Gasteiger partial charge in [-0.1, -0.05) is 41.9 Å². The number of anilines is 1. The van der Waals surface area contributed by atoms with Gasteiger partial charge in [0.05, 0.1) is 30.1 Å². The summed E-state index contributed by atoms with van der Waals surface area (Å²) < 4.78 is 31.8. The van der Waals surface area contributed by atoms with E-state index >= 15 is 0 Å². The third-order valence-corrected chi connectivity index (χ3v) is 6.94. The number of sulfonamides is 1. The lowest BCUT2D eigenvalue weighted by Crippen LogP contribution is -2.29. The van der Waals surface area contributed by atoms with Gasteiger partial charge in [0, 0.05) is 10.5 Å². The first-order valence-corrected chi connectivity index (χ1v) is 13.6. The Kier molecular flexibility index (Phi) is 8.66. The molecule has 0 radical (unpaired) electrons. The predicted molar refractivity (Wildman–Crippen MR) is 135 cm³/mol. The Morgan fingerprint density at radius 1 is 1.06 bits per heavy atom. The maximum atomic E-state index is 12.4. The average Bonchev–Trinajstić information content (AvgIpc) is 2.81. The lowest BCUT2D eigenvalue weighted by molar-refractivity contribution is 0.0947. The molecule has 1 amide bonds. The molecular weight excluding hydrogens is 480 g/mol.